The highest BCUT2D eigenvalue weighted by molar-refractivity contribution is 7.85. The molecule has 22 N–H and O–H groups in total. The van der Waals surface area contributed by atoms with E-state index in [2.05, 4.69) is 35.1 Å². The highest BCUT2D eigenvalue weighted by Gasteiger charge is 2.12. The highest BCUT2D eigenvalue weighted by Crippen LogP contribution is 2.14. The first-order valence-corrected chi connectivity index (χ1v) is 25.7. The summed E-state index contributed by atoms with van der Waals surface area (Å²) < 4.78 is 96.4. The van der Waals surface area contributed by atoms with Gasteiger partial charge in [-0.2, -0.15) is 25.3 Å². The summed E-state index contributed by atoms with van der Waals surface area (Å²) in [5.41, 5.74) is 43.5. The number of rotatable bonds is 18. The predicted octanol–water partition coefficient (Wildman–Crippen LogP) is -3.62. The van der Waals surface area contributed by atoms with Crippen molar-refractivity contribution in [2.24, 2.45) is 60.8 Å². The SMILES string of the molecule is CS(=O)(=O)O.CS(=O)(=O)O.CS(=O)(=O)O.Cl.Cl.NC(N)=Nc1ccc(C(=O)NCC(=O)OCCOC(=O)CNC(=O)c2ccc(N=C(N)N)cc2)cc1.NC(N)=Nc1ccc(C(=O)O)cc1.NCC(=O)OCCOC(=O)CN. The lowest BCUT2D eigenvalue weighted by Gasteiger charge is -2.08. The molecule has 0 aliphatic rings. The second kappa shape index (κ2) is 42.1. The number of ether oxygens (including phenoxy) is 4. The van der Waals surface area contributed by atoms with Crippen LogP contribution in [0.2, 0.25) is 0 Å². The summed E-state index contributed by atoms with van der Waals surface area (Å²) in [6.45, 7) is -1.55. The molecule has 34 nitrogen and oxygen atoms in total. The summed E-state index contributed by atoms with van der Waals surface area (Å²) in [4.78, 5) is 90.3. The van der Waals surface area contributed by atoms with Crippen LogP contribution < -0.4 is 56.5 Å². The van der Waals surface area contributed by atoms with Crippen molar-refractivity contribution in [3.8, 4) is 0 Å². The zero-order valence-corrected chi connectivity index (χ0v) is 45.4. The zero-order chi connectivity index (χ0) is 59.2. The van der Waals surface area contributed by atoms with Crippen molar-refractivity contribution in [1.82, 2.24) is 10.6 Å². The van der Waals surface area contributed by atoms with Gasteiger partial charge in [0.25, 0.3) is 42.2 Å². The van der Waals surface area contributed by atoms with Crippen molar-refractivity contribution in [3.05, 3.63) is 89.5 Å². The average molecular weight is 1220 g/mol. The van der Waals surface area contributed by atoms with Gasteiger partial charge in [-0.25, -0.2) is 19.8 Å². The monoisotopic (exact) mass is 1210 g/mol. The lowest BCUT2D eigenvalue weighted by Crippen LogP contribution is -2.32. The average Bonchev–Trinajstić information content (AvgIpc) is 3.29. The van der Waals surface area contributed by atoms with Crippen molar-refractivity contribution in [2.45, 2.75) is 0 Å². The van der Waals surface area contributed by atoms with Crippen LogP contribution in [0.25, 0.3) is 0 Å². The van der Waals surface area contributed by atoms with Gasteiger partial charge in [0.05, 0.1) is 54.5 Å². The Morgan fingerprint density at radius 2 is 0.641 bits per heavy atom. The molecule has 0 spiro atoms. The summed E-state index contributed by atoms with van der Waals surface area (Å²) >= 11 is 0. The Morgan fingerprint density at radius 1 is 0.436 bits per heavy atom. The molecule has 440 valence electrons. The molecule has 0 fully saturated rings. The Kier molecular flexibility index (Phi) is 42.6. The summed E-state index contributed by atoms with van der Waals surface area (Å²) in [6.07, 6.45) is 2.15. The maximum atomic E-state index is 12.1. The van der Waals surface area contributed by atoms with Crippen LogP contribution in [0.1, 0.15) is 31.1 Å². The zero-order valence-electron chi connectivity index (χ0n) is 41.3. The first-order chi connectivity index (χ1) is 34.9. The number of aliphatic imine (C=N–C) groups is 3. The van der Waals surface area contributed by atoms with Crippen molar-refractivity contribution in [2.75, 3.05) is 71.4 Å². The highest BCUT2D eigenvalue weighted by atomic mass is 35.5. The van der Waals surface area contributed by atoms with Gasteiger partial charge in [0.15, 0.2) is 17.9 Å². The van der Waals surface area contributed by atoms with Crippen LogP contribution in [0.15, 0.2) is 87.8 Å². The van der Waals surface area contributed by atoms with Crippen LogP contribution in [0.4, 0.5) is 17.1 Å². The maximum Gasteiger partial charge on any atom is 0.335 e. The van der Waals surface area contributed by atoms with E-state index in [1.165, 1.54) is 72.8 Å². The van der Waals surface area contributed by atoms with Crippen LogP contribution >= 0.6 is 24.8 Å². The second-order valence-electron chi connectivity index (χ2n) is 13.4. The van der Waals surface area contributed by atoms with Crippen molar-refractivity contribution < 1.29 is 96.5 Å². The maximum absolute atomic E-state index is 12.1. The van der Waals surface area contributed by atoms with Crippen LogP contribution in [-0.2, 0) is 68.5 Å². The molecule has 0 saturated carbocycles. The van der Waals surface area contributed by atoms with Gasteiger partial charge in [-0.15, -0.1) is 24.8 Å². The van der Waals surface area contributed by atoms with Crippen LogP contribution in [0.5, 0.6) is 0 Å². The van der Waals surface area contributed by atoms with Crippen LogP contribution in [0, 0.1) is 0 Å². The van der Waals surface area contributed by atoms with Gasteiger partial charge in [0, 0.05) is 11.1 Å². The van der Waals surface area contributed by atoms with Crippen molar-refractivity contribution in [1.29, 1.82) is 0 Å². The summed E-state index contributed by atoms with van der Waals surface area (Å²) in [6, 6.07) is 18.0. The molecule has 0 aliphatic heterocycles. The van der Waals surface area contributed by atoms with E-state index in [0.29, 0.717) is 35.8 Å². The van der Waals surface area contributed by atoms with E-state index >= 15 is 0 Å². The first kappa shape index (κ1) is 78.9. The number of nitrogens with one attached hydrogen (secondary N) is 2. The third-order valence-corrected chi connectivity index (χ3v) is 6.49. The fourth-order valence-electron chi connectivity index (χ4n) is 3.85. The number of carbonyl (C=O) groups excluding carboxylic acids is 6. The normalized spacial score (nSPS) is 9.74. The van der Waals surface area contributed by atoms with E-state index in [1.54, 1.807) is 0 Å². The molecule has 3 aromatic rings. The number of esters is 4. The molecule has 0 saturated heterocycles. The van der Waals surface area contributed by atoms with E-state index in [9.17, 15) is 58.8 Å². The molecule has 0 bridgehead atoms. The standard InChI is InChI=1S/C22H26N8O6.C8H9N3O2.C6H12N2O4.3CH4O3S.2ClH/c23-21(24)29-15-5-1-13(2-6-15)19(33)27-11-17(31)35-9-10-36-18(32)12-28-20(34)14-3-7-16(8-4-14)30-22(25)26;9-8(10)11-6-3-1-5(2-4-6)7(12)13;7-3-5(9)11-1-2-12-6(10)4-8;3*1-5(2,3)4;;/h1-8H,9-12H2,(H,27,33)(H,28,34)(H4,23,24,29)(H4,25,26,30);1-4H,(H,12,13)(H4,9,10,11);1-4,7-8H2;3*1H3,(H,2,3,4);2*1H. The fraction of sp³-hybridized carbons (Fsp3) is 0.282. The summed E-state index contributed by atoms with van der Waals surface area (Å²) in [7, 11) is -11.0. The number of benzene rings is 3. The van der Waals surface area contributed by atoms with Gasteiger partial charge in [-0.1, -0.05) is 0 Å². The number of hydrogen-bond donors (Lipinski definition) is 14. The lowest BCUT2D eigenvalue weighted by molar-refractivity contribution is -0.150. The molecule has 0 aliphatic carbocycles. The molecule has 0 atom stereocenters. The molecule has 2 amide bonds. The number of amides is 2. The number of nitrogens with zero attached hydrogens (tertiary/aromatic N) is 3. The first-order valence-electron chi connectivity index (χ1n) is 20.1. The third-order valence-electron chi connectivity index (χ3n) is 6.49. The molecule has 3 aromatic carbocycles. The molecular weight excluding hydrogens is 1150 g/mol. The molecule has 0 aromatic heterocycles. The number of carbonyl (C=O) groups is 7. The largest absolute Gasteiger partial charge is 0.478 e. The molecule has 0 heterocycles. The van der Waals surface area contributed by atoms with Crippen LogP contribution in [-0.4, -0.2) is 175 Å². The molecule has 3 rings (SSSR count). The smallest absolute Gasteiger partial charge is 0.335 e. The van der Waals surface area contributed by atoms with Crippen molar-refractivity contribution in [3.63, 3.8) is 0 Å². The van der Waals surface area contributed by atoms with Gasteiger partial charge in [0.2, 0.25) is 0 Å². The number of carboxylic acids is 1. The molecule has 39 heteroatoms. The summed E-state index contributed by atoms with van der Waals surface area (Å²) in [5.74, 6) is -4.78. The molecule has 78 heavy (non-hydrogen) atoms. The number of hydrogen-bond acceptors (Lipinski definition) is 22. The van der Waals surface area contributed by atoms with Gasteiger partial charge in [-0.05, 0) is 72.8 Å². The molecule has 0 unspecified atom stereocenters. The van der Waals surface area contributed by atoms with Gasteiger partial charge >= 0.3 is 29.8 Å². The van der Waals surface area contributed by atoms with Gasteiger partial charge in [0.1, 0.15) is 39.5 Å². The number of halogens is 2. The lowest BCUT2D eigenvalue weighted by atomic mass is 10.2. The Bertz CT molecular complexity index is 2580. The Morgan fingerprint density at radius 3 is 0.833 bits per heavy atom. The minimum absolute atomic E-state index is 0. The minimum Gasteiger partial charge on any atom is -0.478 e. The third kappa shape index (κ3) is 55.7. The minimum atomic E-state index is -3.67. The Labute approximate surface area is 458 Å². The van der Waals surface area contributed by atoms with Crippen LogP contribution in [0.3, 0.4) is 0 Å². The van der Waals surface area contributed by atoms with Crippen molar-refractivity contribution >= 4 is 132 Å². The van der Waals surface area contributed by atoms with E-state index in [1.807, 2.05) is 0 Å². The molecular formula is C39H61Cl2N13O21S3. The number of guanidine groups is 3. The fourth-order valence-corrected chi connectivity index (χ4v) is 3.85. The predicted molar refractivity (Wildman–Crippen MR) is 286 cm³/mol. The topological polar surface area (TPSA) is 609 Å². The number of carboxylic acid groups (broad SMARTS) is 1. The number of nitrogens with two attached hydrogens (primary N) is 8. The quantitative estimate of drug-likeness (QED) is 0.0146. The van der Waals surface area contributed by atoms with E-state index in [-0.39, 0.29) is 112 Å². The second-order valence-corrected chi connectivity index (χ2v) is 17.8. The van der Waals surface area contributed by atoms with E-state index in [4.69, 9.17) is 74.1 Å². The number of aromatic carboxylic acids is 1. The van der Waals surface area contributed by atoms with E-state index < -0.39 is 72.0 Å². The van der Waals surface area contributed by atoms with E-state index in [0.717, 1.165) is 0 Å². The summed E-state index contributed by atoms with van der Waals surface area (Å²) in [5, 5.41) is 13.4. The van der Waals surface area contributed by atoms with Gasteiger partial charge < -0.3 is 80.6 Å². The Hall–Kier alpha value is -8.01. The molecule has 0 radical (unpaired) electrons. The van der Waals surface area contributed by atoms with Gasteiger partial charge in [-0.3, -0.25) is 42.4 Å². The Balaban J connectivity index is -0.000000344.